The molecule has 0 aliphatic carbocycles. The molecular weight excluding hydrogens is 450 g/mol. The first-order chi connectivity index (χ1) is 16.9. The molecule has 0 radical (unpaired) electrons. The number of aromatic carboxylic acids is 1. The highest BCUT2D eigenvalue weighted by molar-refractivity contribution is 5.99. The number of hydrogen-bond acceptors (Lipinski definition) is 5. The number of para-hydroxylation sites is 1. The molecule has 0 bridgehead atoms. The average Bonchev–Trinajstić information content (AvgIpc) is 3.27. The molecule has 1 atom stereocenters. The summed E-state index contributed by atoms with van der Waals surface area (Å²) in [4.78, 5) is 40.1. The number of carboxylic acid groups (broad SMARTS) is 1. The molecule has 5 N–H and O–H groups in total. The van der Waals surface area contributed by atoms with Gasteiger partial charge in [-0.05, 0) is 35.4 Å². The van der Waals surface area contributed by atoms with Crippen LogP contribution in [0.15, 0.2) is 79.0 Å². The molecule has 9 nitrogen and oxygen atoms in total. The van der Waals surface area contributed by atoms with Crippen LogP contribution in [0.4, 0.5) is 10.5 Å². The molecule has 4 rings (SSSR count). The zero-order valence-corrected chi connectivity index (χ0v) is 18.5. The summed E-state index contributed by atoms with van der Waals surface area (Å²) in [6.45, 7) is 0.0357. The minimum Gasteiger partial charge on any atom is -0.507 e. The van der Waals surface area contributed by atoms with Crippen LogP contribution >= 0.6 is 0 Å². The summed E-state index contributed by atoms with van der Waals surface area (Å²) in [5.41, 5.74) is 2.30. The first-order valence-corrected chi connectivity index (χ1v) is 10.8. The van der Waals surface area contributed by atoms with Crippen molar-refractivity contribution in [1.82, 2.24) is 10.3 Å². The number of rotatable bonds is 8. The summed E-state index contributed by atoms with van der Waals surface area (Å²) in [6, 6.07) is 19.4. The fourth-order valence-electron chi connectivity index (χ4n) is 3.65. The second-order valence-corrected chi connectivity index (χ2v) is 7.85. The highest BCUT2D eigenvalue weighted by Gasteiger charge is 2.24. The second-order valence-electron chi connectivity index (χ2n) is 7.85. The maximum atomic E-state index is 13.1. The molecule has 0 saturated carbocycles. The number of alkyl carbamates (subject to hydrolysis) is 1. The van der Waals surface area contributed by atoms with Crippen LogP contribution in [0.1, 0.15) is 21.5 Å². The van der Waals surface area contributed by atoms with Crippen LogP contribution in [-0.4, -0.2) is 39.2 Å². The maximum Gasteiger partial charge on any atom is 0.408 e. The molecule has 178 valence electrons. The molecule has 0 aliphatic heterocycles. The van der Waals surface area contributed by atoms with Gasteiger partial charge in [-0.1, -0.05) is 48.5 Å². The Kier molecular flexibility index (Phi) is 6.96. The fraction of sp³-hybridized carbons (Fsp3) is 0.115. The number of H-pyrrole nitrogens is 1. The van der Waals surface area contributed by atoms with Crippen molar-refractivity contribution >= 4 is 34.6 Å². The van der Waals surface area contributed by atoms with Gasteiger partial charge in [0.2, 0.25) is 5.91 Å². The van der Waals surface area contributed by atoms with Crippen molar-refractivity contribution in [2.24, 2.45) is 0 Å². The summed E-state index contributed by atoms with van der Waals surface area (Å²) in [6.07, 6.45) is 1.15. The third-order valence-corrected chi connectivity index (χ3v) is 5.41. The van der Waals surface area contributed by atoms with E-state index in [0.29, 0.717) is 0 Å². The van der Waals surface area contributed by atoms with E-state index in [-0.39, 0.29) is 24.3 Å². The molecule has 0 aliphatic rings. The van der Waals surface area contributed by atoms with Gasteiger partial charge in [-0.25, -0.2) is 9.59 Å². The van der Waals surface area contributed by atoms with E-state index < -0.39 is 29.8 Å². The van der Waals surface area contributed by atoms with Gasteiger partial charge in [0.1, 0.15) is 24.0 Å². The maximum absolute atomic E-state index is 13.1. The highest BCUT2D eigenvalue weighted by atomic mass is 16.5. The lowest BCUT2D eigenvalue weighted by Gasteiger charge is -2.19. The molecular formula is C26H23N3O6. The zero-order valence-electron chi connectivity index (χ0n) is 18.5. The third kappa shape index (κ3) is 5.77. The SMILES string of the molecule is O=C(N[C@@H](Cc1c[nH]c2ccccc12)C(=O)Nc1ccc(O)c(C(=O)O)c1)OCc1ccccc1. The minimum absolute atomic E-state index is 0.0357. The number of carbonyl (C=O) groups is 3. The summed E-state index contributed by atoms with van der Waals surface area (Å²) >= 11 is 0. The Morgan fingerprint density at radius 1 is 0.971 bits per heavy atom. The van der Waals surface area contributed by atoms with Crippen molar-refractivity contribution in [2.45, 2.75) is 19.1 Å². The Hall–Kier alpha value is -4.79. The van der Waals surface area contributed by atoms with Crippen molar-refractivity contribution in [3.05, 3.63) is 95.7 Å². The lowest BCUT2D eigenvalue weighted by atomic mass is 10.0. The number of ether oxygens (including phenoxy) is 1. The van der Waals surface area contributed by atoms with E-state index in [9.17, 15) is 24.6 Å². The Bertz CT molecular complexity index is 1370. The van der Waals surface area contributed by atoms with E-state index >= 15 is 0 Å². The first kappa shape index (κ1) is 23.4. The quantitative estimate of drug-likeness (QED) is 0.245. The number of aromatic hydroxyl groups is 1. The highest BCUT2D eigenvalue weighted by Crippen LogP contribution is 2.23. The number of fused-ring (bicyclic) bond motifs is 1. The largest absolute Gasteiger partial charge is 0.507 e. The van der Waals surface area contributed by atoms with Crippen LogP contribution in [0, 0.1) is 0 Å². The third-order valence-electron chi connectivity index (χ3n) is 5.41. The van der Waals surface area contributed by atoms with Crippen LogP contribution < -0.4 is 10.6 Å². The Morgan fingerprint density at radius 2 is 1.71 bits per heavy atom. The molecule has 0 fully saturated rings. The smallest absolute Gasteiger partial charge is 0.408 e. The molecule has 2 amide bonds. The summed E-state index contributed by atoms with van der Waals surface area (Å²) in [5.74, 6) is -2.33. The number of aromatic amines is 1. The van der Waals surface area contributed by atoms with E-state index in [1.165, 1.54) is 12.1 Å². The second kappa shape index (κ2) is 10.4. The molecule has 9 heteroatoms. The lowest BCUT2D eigenvalue weighted by molar-refractivity contribution is -0.118. The van der Waals surface area contributed by atoms with Crippen LogP contribution in [-0.2, 0) is 22.6 Å². The predicted octanol–water partition coefficient (Wildman–Crippen LogP) is 4.05. The summed E-state index contributed by atoms with van der Waals surface area (Å²) < 4.78 is 5.28. The van der Waals surface area contributed by atoms with Crippen LogP contribution in [0.3, 0.4) is 0 Å². The summed E-state index contributed by atoms with van der Waals surface area (Å²) in [7, 11) is 0. The average molecular weight is 473 g/mol. The van der Waals surface area contributed by atoms with Gasteiger partial charge in [-0.3, -0.25) is 4.79 Å². The van der Waals surface area contributed by atoms with Crippen LogP contribution in [0.25, 0.3) is 10.9 Å². The molecule has 0 unspecified atom stereocenters. The molecule has 1 heterocycles. The first-order valence-electron chi connectivity index (χ1n) is 10.8. The fourth-order valence-corrected chi connectivity index (χ4v) is 3.65. The summed E-state index contributed by atoms with van der Waals surface area (Å²) in [5, 5.41) is 25.1. The number of nitrogens with one attached hydrogen (secondary N) is 3. The molecule has 4 aromatic rings. The molecule has 0 spiro atoms. The number of aromatic nitrogens is 1. The van der Waals surface area contributed by atoms with Crippen molar-refractivity contribution in [1.29, 1.82) is 0 Å². The number of hydrogen-bond donors (Lipinski definition) is 5. The molecule has 3 aromatic carbocycles. The van der Waals surface area contributed by atoms with Crippen LogP contribution in [0.2, 0.25) is 0 Å². The van der Waals surface area contributed by atoms with Gasteiger partial charge < -0.3 is 30.6 Å². The lowest BCUT2D eigenvalue weighted by Crippen LogP contribution is -2.45. The van der Waals surface area contributed by atoms with Crippen molar-refractivity contribution in [3.8, 4) is 5.75 Å². The van der Waals surface area contributed by atoms with Crippen molar-refractivity contribution < 1.29 is 29.3 Å². The van der Waals surface area contributed by atoms with Crippen LogP contribution in [0.5, 0.6) is 5.75 Å². The Morgan fingerprint density at radius 3 is 2.49 bits per heavy atom. The molecule has 35 heavy (non-hydrogen) atoms. The minimum atomic E-state index is -1.34. The Labute approximate surface area is 200 Å². The number of anilines is 1. The van der Waals surface area contributed by atoms with Crippen molar-refractivity contribution in [3.63, 3.8) is 0 Å². The van der Waals surface area contributed by atoms with E-state index in [1.807, 2.05) is 54.6 Å². The van der Waals surface area contributed by atoms with E-state index in [1.54, 1.807) is 6.20 Å². The van der Waals surface area contributed by atoms with E-state index in [4.69, 9.17) is 4.74 Å². The number of carbonyl (C=O) groups excluding carboxylic acids is 2. The number of phenols is 1. The van der Waals surface area contributed by atoms with Gasteiger partial charge >= 0.3 is 12.1 Å². The predicted molar refractivity (Wildman–Crippen MR) is 129 cm³/mol. The van der Waals surface area contributed by atoms with Gasteiger partial charge in [-0.2, -0.15) is 0 Å². The van der Waals surface area contributed by atoms with Gasteiger partial charge in [0.05, 0.1) is 0 Å². The standard InChI is InChI=1S/C26H23N3O6/c30-23-11-10-18(13-20(23)25(32)33)28-24(31)22(12-17-14-27-21-9-5-4-8-19(17)21)29-26(34)35-15-16-6-2-1-3-7-16/h1-11,13-14,22,27,30H,12,15H2,(H,28,31)(H,29,34)(H,32,33)/t22-/m0/s1. The van der Waals surface area contributed by atoms with Gasteiger partial charge in [0.15, 0.2) is 0 Å². The topological polar surface area (TPSA) is 141 Å². The number of carboxylic acids is 1. The van der Waals surface area contributed by atoms with Gasteiger partial charge in [-0.15, -0.1) is 0 Å². The molecule has 0 saturated heterocycles. The van der Waals surface area contributed by atoms with E-state index in [2.05, 4.69) is 15.6 Å². The normalized spacial score (nSPS) is 11.5. The number of benzene rings is 3. The Balaban J connectivity index is 1.53. The van der Waals surface area contributed by atoms with Crippen molar-refractivity contribution in [2.75, 3.05) is 5.32 Å². The zero-order chi connectivity index (χ0) is 24.8. The van der Waals surface area contributed by atoms with Gasteiger partial charge in [0.25, 0.3) is 0 Å². The van der Waals surface area contributed by atoms with E-state index in [0.717, 1.165) is 28.1 Å². The van der Waals surface area contributed by atoms with Gasteiger partial charge in [0, 0.05) is 29.2 Å². The molecule has 1 aromatic heterocycles. The number of amides is 2. The monoisotopic (exact) mass is 473 g/mol.